The zero-order valence-corrected chi connectivity index (χ0v) is 18.4. The van der Waals surface area contributed by atoms with E-state index in [4.69, 9.17) is 14.2 Å². The zero-order valence-electron chi connectivity index (χ0n) is 18.4. The van der Waals surface area contributed by atoms with E-state index in [9.17, 15) is 0 Å². The third-order valence-corrected chi connectivity index (χ3v) is 5.91. The first-order valence-corrected chi connectivity index (χ1v) is 10.8. The lowest BCUT2D eigenvalue weighted by atomic mass is 10.1. The molecule has 0 radical (unpaired) electrons. The van der Waals surface area contributed by atoms with E-state index in [0.29, 0.717) is 18.8 Å². The van der Waals surface area contributed by atoms with Crippen molar-refractivity contribution in [1.82, 2.24) is 15.2 Å². The summed E-state index contributed by atoms with van der Waals surface area (Å²) in [4.78, 5) is 11.3. The molecule has 3 rings (SSSR count). The van der Waals surface area contributed by atoms with Crippen molar-refractivity contribution in [3.63, 3.8) is 0 Å². The second-order valence-electron chi connectivity index (χ2n) is 7.96. The van der Waals surface area contributed by atoms with Gasteiger partial charge in [-0.25, -0.2) is 0 Å². The summed E-state index contributed by atoms with van der Waals surface area (Å²) in [5, 5.41) is 3.46. The number of nitrogens with one attached hydrogen (secondary N) is 1. The van der Waals surface area contributed by atoms with Crippen molar-refractivity contribution in [1.29, 1.82) is 0 Å². The average Bonchev–Trinajstić information content (AvgIpc) is 2.76. The Kier molecular flexibility index (Phi) is 8.12. The van der Waals surface area contributed by atoms with Gasteiger partial charge in [-0.3, -0.25) is 9.98 Å². The summed E-state index contributed by atoms with van der Waals surface area (Å²) in [6.07, 6.45) is 8.09. The van der Waals surface area contributed by atoms with E-state index >= 15 is 0 Å². The summed E-state index contributed by atoms with van der Waals surface area (Å²) in [7, 11) is 3.54. The van der Waals surface area contributed by atoms with Gasteiger partial charge in [0, 0.05) is 44.1 Å². The van der Waals surface area contributed by atoms with Crippen LogP contribution in [0.1, 0.15) is 48.9 Å². The number of rotatable bonds is 6. The van der Waals surface area contributed by atoms with Gasteiger partial charge < -0.3 is 24.4 Å². The Morgan fingerprint density at radius 3 is 2.72 bits per heavy atom. The van der Waals surface area contributed by atoms with Crippen LogP contribution in [0.15, 0.2) is 11.2 Å². The summed E-state index contributed by atoms with van der Waals surface area (Å²) in [6.45, 7) is 8.20. The molecule has 1 N–H and O–H groups in total. The van der Waals surface area contributed by atoms with E-state index in [-0.39, 0.29) is 0 Å². The van der Waals surface area contributed by atoms with Crippen LogP contribution in [0, 0.1) is 13.8 Å². The minimum absolute atomic E-state index is 0.290. The van der Waals surface area contributed by atoms with Crippen LogP contribution < -0.4 is 10.1 Å². The summed E-state index contributed by atoms with van der Waals surface area (Å²) >= 11 is 0. The Bertz CT molecular complexity index is 681. The molecule has 1 unspecified atom stereocenters. The highest BCUT2D eigenvalue weighted by Gasteiger charge is 2.24. The van der Waals surface area contributed by atoms with Gasteiger partial charge in [0.15, 0.2) is 5.96 Å². The Morgan fingerprint density at radius 1 is 1.28 bits per heavy atom. The predicted octanol–water partition coefficient (Wildman–Crippen LogP) is 2.83. The molecule has 0 saturated carbocycles. The quantitative estimate of drug-likeness (QED) is 0.581. The van der Waals surface area contributed by atoms with Crippen molar-refractivity contribution in [2.24, 2.45) is 4.99 Å². The van der Waals surface area contributed by atoms with Crippen molar-refractivity contribution in [2.45, 2.75) is 64.7 Å². The van der Waals surface area contributed by atoms with Crippen LogP contribution in [-0.2, 0) is 16.0 Å². The standard InChI is InChI=1S/C22H36N4O3/c1-16-13-24-20(17(2)21(16)27-4)14-25-22(23-3)26-10-8-18(9-11-26)29-15-19-7-5-6-12-28-19/h13,18-19H,5-12,14-15H2,1-4H3,(H,23,25). The van der Waals surface area contributed by atoms with Crippen LogP contribution in [0.5, 0.6) is 5.75 Å². The third kappa shape index (κ3) is 5.82. The SMILES string of the molecule is CN=C(NCc1ncc(C)c(OC)c1C)N1CCC(OCC2CCCCO2)CC1. The first-order chi connectivity index (χ1) is 14.1. The Morgan fingerprint density at radius 2 is 2.07 bits per heavy atom. The van der Waals surface area contributed by atoms with Crippen LogP contribution in [0.3, 0.4) is 0 Å². The van der Waals surface area contributed by atoms with E-state index in [1.165, 1.54) is 12.8 Å². The molecule has 1 aromatic heterocycles. The molecule has 7 nitrogen and oxygen atoms in total. The third-order valence-electron chi connectivity index (χ3n) is 5.91. The van der Waals surface area contributed by atoms with Gasteiger partial charge >= 0.3 is 0 Å². The lowest BCUT2D eigenvalue weighted by Crippen LogP contribution is -2.47. The molecule has 3 heterocycles. The fourth-order valence-corrected chi connectivity index (χ4v) is 4.16. The zero-order chi connectivity index (χ0) is 20.6. The van der Waals surface area contributed by atoms with Gasteiger partial charge in [-0.2, -0.15) is 0 Å². The number of methoxy groups -OCH3 is 1. The van der Waals surface area contributed by atoms with E-state index in [0.717, 1.165) is 74.1 Å². The first-order valence-electron chi connectivity index (χ1n) is 10.8. The van der Waals surface area contributed by atoms with Crippen molar-refractivity contribution < 1.29 is 14.2 Å². The highest BCUT2D eigenvalue weighted by atomic mass is 16.5. The molecule has 0 spiro atoms. The maximum Gasteiger partial charge on any atom is 0.193 e. The molecule has 0 bridgehead atoms. The van der Waals surface area contributed by atoms with Crippen molar-refractivity contribution in [2.75, 3.05) is 40.5 Å². The normalized spacial score (nSPS) is 21.3. The number of ether oxygens (including phenoxy) is 3. The second kappa shape index (κ2) is 10.8. The van der Waals surface area contributed by atoms with Gasteiger partial charge in [-0.15, -0.1) is 0 Å². The number of aliphatic imine (C=N–C) groups is 1. The van der Waals surface area contributed by atoms with Crippen LogP contribution in [0.4, 0.5) is 0 Å². The molecular formula is C22H36N4O3. The van der Waals surface area contributed by atoms with Crippen LogP contribution in [0.25, 0.3) is 0 Å². The lowest BCUT2D eigenvalue weighted by molar-refractivity contribution is -0.0721. The molecule has 2 aliphatic heterocycles. The molecule has 1 aromatic rings. The molecule has 2 fully saturated rings. The van der Waals surface area contributed by atoms with Crippen molar-refractivity contribution in [3.05, 3.63) is 23.0 Å². The Balaban J connectivity index is 1.45. The van der Waals surface area contributed by atoms with Crippen LogP contribution >= 0.6 is 0 Å². The number of aromatic nitrogens is 1. The number of nitrogens with zero attached hydrogens (tertiary/aromatic N) is 3. The largest absolute Gasteiger partial charge is 0.496 e. The van der Waals surface area contributed by atoms with E-state index in [2.05, 4.69) is 27.1 Å². The Hall–Kier alpha value is -1.86. The summed E-state index contributed by atoms with van der Waals surface area (Å²) in [6, 6.07) is 0. The topological polar surface area (TPSA) is 68.2 Å². The number of hydrogen-bond acceptors (Lipinski definition) is 5. The van der Waals surface area contributed by atoms with E-state index in [1.807, 2.05) is 20.2 Å². The smallest absolute Gasteiger partial charge is 0.193 e. The summed E-state index contributed by atoms with van der Waals surface area (Å²) in [5.41, 5.74) is 3.12. The molecular weight excluding hydrogens is 368 g/mol. The maximum atomic E-state index is 6.13. The maximum absolute atomic E-state index is 6.13. The van der Waals surface area contributed by atoms with Crippen molar-refractivity contribution in [3.8, 4) is 5.75 Å². The second-order valence-corrected chi connectivity index (χ2v) is 7.96. The summed E-state index contributed by atoms with van der Waals surface area (Å²) < 4.78 is 17.4. The number of piperidine rings is 1. The number of aryl methyl sites for hydroxylation is 1. The van der Waals surface area contributed by atoms with Gasteiger partial charge in [0.2, 0.25) is 0 Å². The van der Waals surface area contributed by atoms with Gasteiger partial charge in [0.25, 0.3) is 0 Å². The first kappa shape index (κ1) is 21.8. The number of likely N-dealkylation sites (tertiary alicyclic amines) is 1. The van der Waals surface area contributed by atoms with E-state index in [1.54, 1.807) is 7.11 Å². The molecule has 162 valence electrons. The van der Waals surface area contributed by atoms with E-state index < -0.39 is 0 Å². The molecule has 0 aromatic carbocycles. The fourth-order valence-electron chi connectivity index (χ4n) is 4.16. The van der Waals surface area contributed by atoms with Crippen LogP contribution in [-0.4, -0.2) is 68.5 Å². The molecule has 7 heteroatoms. The number of pyridine rings is 1. The molecule has 2 aliphatic rings. The van der Waals surface area contributed by atoms with Gasteiger partial charge in [-0.1, -0.05) is 0 Å². The minimum atomic E-state index is 0.290. The molecule has 2 saturated heterocycles. The molecule has 29 heavy (non-hydrogen) atoms. The summed E-state index contributed by atoms with van der Waals surface area (Å²) in [5.74, 6) is 1.83. The van der Waals surface area contributed by atoms with Crippen molar-refractivity contribution >= 4 is 5.96 Å². The lowest BCUT2D eigenvalue weighted by Gasteiger charge is -2.35. The monoisotopic (exact) mass is 404 g/mol. The number of guanidine groups is 1. The molecule has 1 atom stereocenters. The van der Waals surface area contributed by atoms with Gasteiger partial charge in [0.1, 0.15) is 5.75 Å². The minimum Gasteiger partial charge on any atom is -0.496 e. The number of hydrogen-bond donors (Lipinski definition) is 1. The highest BCUT2D eigenvalue weighted by molar-refractivity contribution is 5.80. The average molecular weight is 405 g/mol. The predicted molar refractivity (Wildman–Crippen MR) is 115 cm³/mol. The molecule has 0 amide bonds. The Labute approximate surface area is 174 Å². The van der Waals surface area contributed by atoms with Gasteiger partial charge in [-0.05, 0) is 46.0 Å². The van der Waals surface area contributed by atoms with Crippen LogP contribution in [0.2, 0.25) is 0 Å². The highest BCUT2D eigenvalue weighted by Crippen LogP contribution is 2.24. The molecule has 0 aliphatic carbocycles. The van der Waals surface area contributed by atoms with Gasteiger partial charge in [0.05, 0.1) is 38.2 Å². The fraction of sp³-hybridized carbons (Fsp3) is 0.727.